The summed E-state index contributed by atoms with van der Waals surface area (Å²) in [7, 11) is 0. The van der Waals surface area contributed by atoms with E-state index in [0.29, 0.717) is 6.54 Å². The second kappa shape index (κ2) is 5.09. The van der Waals surface area contributed by atoms with Crippen molar-refractivity contribution in [3.05, 3.63) is 40.9 Å². The van der Waals surface area contributed by atoms with Gasteiger partial charge in [0.1, 0.15) is 0 Å². The van der Waals surface area contributed by atoms with Gasteiger partial charge in [-0.15, -0.1) is 11.3 Å². The molecule has 0 aliphatic carbocycles. The average molecular weight is 233 g/mol. The zero-order valence-corrected chi connectivity index (χ0v) is 10.1. The van der Waals surface area contributed by atoms with Gasteiger partial charge in [-0.1, -0.05) is 19.1 Å². The second-order valence-corrected chi connectivity index (χ2v) is 4.38. The summed E-state index contributed by atoms with van der Waals surface area (Å²) in [6.45, 7) is 2.69. The Morgan fingerprint density at radius 3 is 2.62 bits per heavy atom. The minimum Gasteiger partial charge on any atom is -0.332 e. The molecule has 1 heterocycles. The maximum atomic E-state index is 5.54. The molecule has 0 bridgehead atoms. The first-order valence-electron chi connectivity index (χ1n) is 5.32. The Morgan fingerprint density at radius 2 is 2.06 bits per heavy atom. The third-order valence-electron chi connectivity index (χ3n) is 2.35. The molecule has 2 aromatic rings. The van der Waals surface area contributed by atoms with Crippen LogP contribution >= 0.6 is 11.3 Å². The molecule has 1 aromatic heterocycles. The smallest absolute Gasteiger partial charge is 0.187 e. The molecule has 0 unspecified atom stereocenters. The first kappa shape index (κ1) is 11.1. The number of hydrogen-bond donors (Lipinski definition) is 2. The first-order chi connectivity index (χ1) is 7.81. The number of anilines is 2. The Morgan fingerprint density at radius 1 is 1.31 bits per heavy atom. The van der Waals surface area contributed by atoms with Crippen LogP contribution in [0.5, 0.6) is 0 Å². The highest BCUT2D eigenvalue weighted by Crippen LogP contribution is 2.21. The minimum absolute atomic E-state index is 0.581. The monoisotopic (exact) mass is 233 g/mol. The molecule has 0 aliphatic heterocycles. The standard InChI is InChI=1S/C12H15N3S/c1-2-10-8-16-12(14-10)15-11-5-3-9(7-13)4-6-11/h3-6,8H,2,7,13H2,1H3,(H,14,15). The number of nitrogens with zero attached hydrogens (tertiary/aromatic N) is 1. The third kappa shape index (κ3) is 2.59. The molecule has 3 nitrogen and oxygen atoms in total. The van der Waals surface area contributed by atoms with Gasteiger partial charge in [0.2, 0.25) is 0 Å². The molecule has 3 N–H and O–H groups in total. The molecule has 0 atom stereocenters. The van der Waals surface area contributed by atoms with Crippen LogP contribution in [-0.2, 0) is 13.0 Å². The maximum Gasteiger partial charge on any atom is 0.187 e. The van der Waals surface area contributed by atoms with Crippen LogP contribution in [0, 0.1) is 0 Å². The molecule has 0 saturated heterocycles. The minimum atomic E-state index is 0.581. The van der Waals surface area contributed by atoms with Crippen LogP contribution in [0.25, 0.3) is 0 Å². The van der Waals surface area contributed by atoms with Gasteiger partial charge in [0.05, 0.1) is 5.69 Å². The van der Waals surface area contributed by atoms with Crippen LogP contribution in [0.4, 0.5) is 10.8 Å². The number of rotatable bonds is 4. The number of aryl methyl sites for hydroxylation is 1. The van der Waals surface area contributed by atoms with Gasteiger partial charge in [-0.3, -0.25) is 0 Å². The second-order valence-electron chi connectivity index (χ2n) is 3.52. The van der Waals surface area contributed by atoms with E-state index in [1.807, 2.05) is 24.3 Å². The van der Waals surface area contributed by atoms with Crippen LogP contribution in [-0.4, -0.2) is 4.98 Å². The summed E-state index contributed by atoms with van der Waals surface area (Å²) in [5, 5.41) is 6.30. The fourth-order valence-corrected chi connectivity index (χ4v) is 2.19. The number of thiazole rings is 1. The Bertz CT molecular complexity index is 448. The van der Waals surface area contributed by atoms with Crippen molar-refractivity contribution in [2.75, 3.05) is 5.32 Å². The summed E-state index contributed by atoms with van der Waals surface area (Å²) < 4.78 is 0. The first-order valence-corrected chi connectivity index (χ1v) is 6.20. The van der Waals surface area contributed by atoms with Gasteiger partial charge in [0.25, 0.3) is 0 Å². The van der Waals surface area contributed by atoms with Crippen LogP contribution in [0.1, 0.15) is 18.2 Å². The van der Waals surface area contributed by atoms with E-state index in [1.54, 1.807) is 11.3 Å². The SMILES string of the molecule is CCc1csc(Nc2ccc(CN)cc2)n1. The number of nitrogens with two attached hydrogens (primary N) is 1. The molecule has 0 fully saturated rings. The Kier molecular flexibility index (Phi) is 3.54. The summed E-state index contributed by atoms with van der Waals surface area (Å²) in [6.07, 6.45) is 0.976. The van der Waals surface area contributed by atoms with Gasteiger partial charge >= 0.3 is 0 Å². The van der Waals surface area contributed by atoms with Crippen molar-refractivity contribution in [2.45, 2.75) is 19.9 Å². The largest absolute Gasteiger partial charge is 0.332 e. The van der Waals surface area contributed by atoms with Gasteiger partial charge in [-0.2, -0.15) is 0 Å². The molecular formula is C12H15N3S. The van der Waals surface area contributed by atoms with Crippen LogP contribution in [0.15, 0.2) is 29.6 Å². The van der Waals surface area contributed by atoms with Gasteiger partial charge in [0, 0.05) is 17.6 Å². The van der Waals surface area contributed by atoms with Crippen molar-refractivity contribution in [1.82, 2.24) is 4.98 Å². The summed E-state index contributed by atoms with van der Waals surface area (Å²) in [6, 6.07) is 8.10. The van der Waals surface area contributed by atoms with E-state index in [4.69, 9.17) is 5.73 Å². The molecule has 1 aromatic carbocycles. The lowest BCUT2D eigenvalue weighted by Crippen LogP contribution is -1.96. The van der Waals surface area contributed by atoms with Crippen molar-refractivity contribution in [3.63, 3.8) is 0 Å². The summed E-state index contributed by atoms with van der Waals surface area (Å²) in [5.41, 5.74) is 8.86. The Labute approximate surface area is 99.3 Å². The topological polar surface area (TPSA) is 50.9 Å². The van der Waals surface area contributed by atoms with Crippen molar-refractivity contribution < 1.29 is 0 Å². The molecule has 0 saturated carbocycles. The molecule has 0 spiro atoms. The number of aromatic nitrogens is 1. The lowest BCUT2D eigenvalue weighted by Gasteiger charge is -2.03. The zero-order valence-electron chi connectivity index (χ0n) is 9.23. The van der Waals surface area contributed by atoms with Gasteiger partial charge < -0.3 is 11.1 Å². The lowest BCUT2D eigenvalue weighted by atomic mass is 10.2. The fraction of sp³-hybridized carbons (Fsp3) is 0.250. The van der Waals surface area contributed by atoms with E-state index >= 15 is 0 Å². The summed E-state index contributed by atoms with van der Waals surface area (Å²) >= 11 is 1.63. The normalized spacial score (nSPS) is 10.4. The van der Waals surface area contributed by atoms with E-state index in [1.165, 1.54) is 0 Å². The van der Waals surface area contributed by atoms with Gasteiger partial charge in [-0.05, 0) is 24.1 Å². The van der Waals surface area contributed by atoms with Gasteiger partial charge in [0.15, 0.2) is 5.13 Å². The van der Waals surface area contributed by atoms with Crippen molar-refractivity contribution in [3.8, 4) is 0 Å². The van der Waals surface area contributed by atoms with Crippen molar-refractivity contribution >= 4 is 22.2 Å². The summed E-state index contributed by atoms with van der Waals surface area (Å²) in [5.74, 6) is 0. The molecule has 84 valence electrons. The lowest BCUT2D eigenvalue weighted by molar-refractivity contribution is 1.06. The molecule has 0 amide bonds. The van der Waals surface area contributed by atoms with Crippen molar-refractivity contribution in [2.24, 2.45) is 5.73 Å². The quantitative estimate of drug-likeness (QED) is 0.853. The van der Waals surface area contributed by atoms with Crippen LogP contribution in [0.3, 0.4) is 0 Å². The number of nitrogens with one attached hydrogen (secondary N) is 1. The van der Waals surface area contributed by atoms with Crippen molar-refractivity contribution in [1.29, 1.82) is 0 Å². The highest BCUT2D eigenvalue weighted by atomic mass is 32.1. The molecule has 0 aliphatic rings. The number of benzene rings is 1. The predicted molar refractivity (Wildman–Crippen MR) is 69.1 cm³/mol. The van der Waals surface area contributed by atoms with Crippen LogP contribution in [0.2, 0.25) is 0 Å². The Balaban J connectivity index is 2.08. The third-order valence-corrected chi connectivity index (χ3v) is 3.16. The molecule has 0 radical (unpaired) electrons. The predicted octanol–water partition coefficient (Wildman–Crippen LogP) is 2.91. The van der Waals surface area contributed by atoms with E-state index in [0.717, 1.165) is 28.5 Å². The fourth-order valence-electron chi connectivity index (χ4n) is 1.37. The molecule has 2 rings (SSSR count). The Hall–Kier alpha value is -1.39. The summed E-state index contributed by atoms with van der Waals surface area (Å²) in [4.78, 5) is 4.45. The van der Waals surface area contributed by atoms with Gasteiger partial charge in [-0.25, -0.2) is 4.98 Å². The molecule has 16 heavy (non-hydrogen) atoms. The van der Waals surface area contributed by atoms with Crippen LogP contribution < -0.4 is 11.1 Å². The highest BCUT2D eigenvalue weighted by molar-refractivity contribution is 7.13. The molecular weight excluding hydrogens is 218 g/mol. The average Bonchev–Trinajstić information content (AvgIpc) is 2.78. The number of hydrogen-bond acceptors (Lipinski definition) is 4. The van der Waals surface area contributed by atoms with E-state index in [2.05, 4.69) is 22.6 Å². The van der Waals surface area contributed by atoms with E-state index in [-0.39, 0.29) is 0 Å². The zero-order chi connectivity index (χ0) is 11.4. The van der Waals surface area contributed by atoms with E-state index in [9.17, 15) is 0 Å². The molecule has 4 heteroatoms. The maximum absolute atomic E-state index is 5.54. The highest BCUT2D eigenvalue weighted by Gasteiger charge is 2.00. The van der Waals surface area contributed by atoms with E-state index < -0.39 is 0 Å².